The van der Waals surface area contributed by atoms with Gasteiger partial charge in [0.1, 0.15) is 0 Å². The first-order valence-electron chi connectivity index (χ1n) is 8.27. The van der Waals surface area contributed by atoms with E-state index in [1.807, 2.05) is 26.0 Å². The van der Waals surface area contributed by atoms with Crippen molar-refractivity contribution in [3.8, 4) is 0 Å². The molecular formula is C18H26N2O3. The molecule has 1 aromatic rings. The van der Waals surface area contributed by atoms with E-state index in [2.05, 4.69) is 10.6 Å². The minimum Gasteiger partial charge on any atom is -0.396 e. The molecule has 2 amide bonds. The SMILES string of the molecule is Cc1ccc(C(=O)NCC(=O)N[C@@H]2CCCC[C@H]2CO)cc1C. The smallest absolute Gasteiger partial charge is 0.251 e. The van der Waals surface area contributed by atoms with E-state index in [0.717, 1.165) is 36.8 Å². The number of nitrogens with one attached hydrogen (secondary N) is 2. The lowest BCUT2D eigenvalue weighted by Gasteiger charge is -2.30. The van der Waals surface area contributed by atoms with E-state index in [9.17, 15) is 14.7 Å². The quantitative estimate of drug-likeness (QED) is 0.773. The van der Waals surface area contributed by atoms with Gasteiger partial charge in [-0.3, -0.25) is 9.59 Å². The van der Waals surface area contributed by atoms with Crippen LogP contribution in [0, 0.1) is 19.8 Å². The maximum absolute atomic E-state index is 12.1. The van der Waals surface area contributed by atoms with Crippen LogP contribution < -0.4 is 10.6 Å². The van der Waals surface area contributed by atoms with Crippen LogP contribution in [0.25, 0.3) is 0 Å². The summed E-state index contributed by atoms with van der Waals surface area (Å²) in [4.78, 5) is 24.1. The number of benzene rings is 1. The topological polar surface area (TPSA) is 78.4 Å². The van der Waals surface area contributed by atoms with Crippen LogP contribution in [0.1, 0.15) is 47.2 Å². The molecule has 0 bridgehead atoms. The predicted molar refractivity (Wildman–Crippen MR) is 89.2 cm³/mol. The van der Waals surface area contributed by atoms with Gasteiger partial charge in [-0.1, -0.05) is 18.9 Å². The second kappa shape index (κ2) is 8.11. The molecule has 1 aliphatic rings. The number of carbonyl (C=O) groups is 2. The summed E-state index contributed by atoms with van der Waals surface area (Å²) >= 11 is 0. The molecule has 1 aromatic carbocycles. The summed E-state index contributed by atoms with van der Waals surface area (Å²) in [5.74, 6) is -0.318. The Bertz CT molecular complexity index is 571. The lowest BCUT2D eigenvalue weighted by atomic mass is 9.85. The first kappa shape index (κ1) is 17.5. The molecule has 0 spiro atoms. The number of rotatable bonds is 5. The molecule has 0 aromatic heterocycles. The highest BCUT2D eigenvalue weighted by atomic mass is 16.3. The Kier molecular flexibility index (Phi) is 6.16. The minimum atomic E-state index is -0.245. The molecule has 0 saturated heterocycles. The number of aryl methyl sites for hydroxylation is 2. The second-order valence-corrected chi connectivity index (χ2v) is 6.38. The molecule has 5 nitrogen and oxygen atoms in total. The van der Waals surface area contributed by atoms with Crippen molar-refractivity contribution in [3.05, 3.63) is 34.9 Å². The van der Waals surface area contributed by atoms with E-state index in [1.165, 1.54) is 0 Å². The summed E-state index contributed by atoms with van der Waals surface area (Å²) in [5.41, 5.74) is 2.74. The summed E-state index contributed by atoms with van der Waals surface area (Å²) in [6.07, 6.45) is 4.00. The third-order valence-corrected chi connectivity index (χ3v) is 4.67. The number of amides is 2. The van der Waals surface area contributed by atoms with Gasteiger partial charge in [0, 0.05) is 24.1 Å². The van der Waals surface area contributed by atoms with Crippen molar-refractivity contribution in [1.29, 1.82) is 0 Å². The Morgan fingerprint density at radius 2 is 1.91 bits per heavy atom. The van der Waals surface area contributed by atoms with Crippen LogP contribution >= 0.6 is 0 Å². The van der Waals surface area contributed by atoms with Crippen LogP contribution in [-0.2, 0) is 4.79 Å². The van der Waals surface area contributed by atoms with Gasteiger partial charge in [0.15, 0.2) is 0 Å². The van der Waals surface area contributed by atoms with Gasteiger partial charge < -0.3 is 15.7 Å². The third kappa shape index (κ3) is 4.79. The first-order valence-corrected chi connectivity index (χ1v) is 8.27. The van der Waals surface area contributed by atoms with Crippen molar-refractivity contribution >= 4 is 11.8 Å². The molecule has 0 radical (unpaired) electrons. The van der Waals surface area contributed by atoms with Crippen LogP contribution in [0.2, 0.25) is 0 Å². The van der Waals surface area contributed by atoms with Crippen molar-refractivity contribution in [2.24, 2.45) is 5.92 Å². The van der Waals surface area contributed by atoms with Crippen molar-refractivity contribution in [1.82, 2.24) is 10.6 Å². The van der Waals surface area contributed by atoms with Crippen molar-refractivity contribution in [2.75, 3.05) is 13.2 Å². The maximum atomic E-state index is 12.1. The molecule has 0 heterocycles. The van der Waals surface area contributed by atoms with Crippen LogP contribution in [0.5, 0.6) is 0 Å². The normalized spacial score (nSPS) is 20.8. The Morgan fingerprint density at radius 3 is 2.61 bits per heavy atom. The van der Waals surface area contributed by atoms with Crippen molar-refractivity contribution in [3.63, 3.8) is 0 Å². The second-order valence-electron chi connectivity index (χ2n) is 6.38. The molecule has 1 fully saturated rings. The predicted octanol–water partition coefficient (Wildman–Crippen LogP) is 1.70. The molecule has 23 heavy (non-hydrogen) atoms. The van der Waals surface area contributed by atoms with Crippen LogP contribution in [0.15, 0.2) is 18.2 Å². The van der Waals surface area contributed by atoms with Gasteiger partial charge in [0.25, 0.3) is 5.91 Å². The molecular weight excluding hydrogens is 292 g/mol. The fourth-order valence-corrected chi connectivity index (χ4v) is 3.02. The fourth-order valence-electron chi connectivity index (χ4n) is 3.02. The molecule has 3 N–H and O–H groups in total. The van der Waals surface area contributed by atoms with Crippen LogP contribution in [-0.4, -0.2) is 36.1 Å². The van der Waals surface area contributed by atoms with Gasteiger partial charge in [-0.05, 0) is 49.9 Å². The third-order valence-electron chi connectivity index (χ3n) is 4.67. The number of hydrogen-bond acceptors (Lipinski definition) is 3. The van der Waals surface area contributed by atoms with Gasteiger partial charge in [-0.2, -0.15) is 0 Å². The van der Waals surface area contributed by atoms with E-state index in [-0.39, 0.29) is 36.9 Å². The van der Waals surface area contributed by atoms with E-state index in [4.69, 9.17) is 0 Å². The molecule has 2 rings (SSSR count). The molecule has 0 aliphatic heterocycles. The van der Waals surface area contributed by atoms with Gasteiger partial charge in [-0.15, -0.1) is 0 Å². The lowest BCUT2D eigenvalue weighted by Crippen LogP contribution is -2.47. The van der Waals surface area contributed by atoms with Crippen LogP contribution in [0.4, 0.5) is 0 Å². The van der Waals surface area contributed by atoms with Crippen molar-refractivity contribution in [2.45, 2.75) is 45.6 Å². The summed E-state index contributed by atoms with van der Waals surface area (Å²) in [6.45, 7) is 4.00. The number of aliphatic hydroxyl groups excluding tert-OH is 1. The number of aliphatic hydroxyl groups is 1. The number of carbonyl (C=O) groups excluding carboxylic acids is 2. The molecule has 5 heteroatoms. The fraction of sp³-hybridized carbons (Fsp3) is 0.556. The molecule has 0 unspecified atom stereocenters. The summed E-state index contributed by atoms with van der Waals surface area (Å²) in [6, 6.07) is 5.50. The first-order chi connectivity index (χ1) is 11.0. The van der Waals surface area contributed by atoms with E-state index >= 15 is 0 Å². The highest BCUT2D eigenvalue weighted by Gasteiger charge is 2.25. The zero-order chi connectivity index (χ0) is 16.8. The summed E-state index contributed by atoms with van der Waals surface area (Å²) < 4.78 is 0. The van der Waals surface area contributed by atoms with Crippen molar-refractivity contribution < 1.29 is 14.7 Å². The Hall–Kier alpha value is -1.88. The lowest BCUT2D eigenvalue weighted by molar-refractivity contribution is -0.121. The van der Waals surface area contributed by atoms with E-state index in [0.29, 0.717) is 5.56 Å². The Morgan fingerprint density at radius 1 is 1.17 bits per heavy atom. The highest BCUT2D eigenvalue weighted by Crippen LogP contribution is 2.23. The van der Waals surface area contributed by atoms with Gasteiger partial charge in [0.05, 0.1) is 6.54 Å². The Balaban J connectivity index is 1.83. The molecule has 2 atom stereocenters. The maximum Gasteiger partial charge on any atom is 0.251 e. The summed E-state index contributed by atoms with van der Waals surface area (Å²) in [7, 11) is 0. The highest BCUT2D eigenvalue weighted by molar-refractivity contribution is 5.96. The number of hydrogen-bond donors (Lipinski definition) is 3. The van der Waals surface area contributed by atoms with Crippen LogP contribution in [0.3, 0.4) is 0 Å². The standard InChI is InChI=1S/C18H26N2O3/c1-12-7-8-14(9-13(12)2)18(23)19-10-17(22)20-16-6-4-3-5-15(16)11-21/h7-9,15-16,21H,3-6,10-11H2,1-2H3,(H,19,23)(H,20,22)/t15-,16+/m0/s1. The van der Waals surface area contributed by atoms with E-state index in [1.54, 1.807) is 6.07 Å². The largest absolute Gasteiger partial charge is 0.396 e. The molecule has 126 valence electrons. The minimum absolute atomic E-state index is 0.0137. The zero-order valence-electron chi connectivity index (χ0n) is 13.9. The van der Waals surface area contributed by atoms with Gasteiger partial charge in [0.2, 0.25) is 5.91 Å². The average Bonchev–Trinajstić information content (AvgIpc) is 2.55. The zero-order valence-corrected chi connectivity index (χ0v) is 13.9. The van der Waals surface area contributed by atoms with E-state index < -0.39 is 0 Å². The van der Waals surface area contributed by atoms with Gasteiger partial charge >= 0.3 is 0 Å². The van der Waals surface area contributed by atoms with Gasteiger partial charge in [-0.25, -0.2) is 0 Å². The summed E-state index contributed by atoms with van der Waals surface area (Å²) in [5, 5.41) is 15.0. The molecule has 1 aliphatic carbocycles. The monoisotopic (exact) mass is 318 g/mol. The Labute approximate surface area is 137 Å². The average molecular weight is 318 g/mol. The molecule has 1 saturated carbocycles.